The van der Waals surface area contributed by atoms with Gasteiger partial charge in [-0.25, -0.2) is 0 Å². The lowest BCUT2D eigenvalue weighted by atomic mass is 9.93. The van der Waals surface area contributed by atoms with Crippen LogP contribution < -0.4 is 9.80 Å². The Morgan fingerprint density at radius 2 is 1.16 bits per heavy atom. The molecule has 0 N–H and O–H groups in total. The van der Waals surface area contributed by atoms with Crippen LogP contribution in [-0.4, -0.2) is 11.8 Å². The first-order chi connectivity index (χ1) is 18.0. The van der Waals surface area contributed by atoms with Gasteiger partial charge in [0.1, 0.15) is 5.70 Å². The second-order valence-electron chi connectivity index (χ2n) is 8.81. The first-order valence-corrected chi connectivity index (χ1v) is 13.4. The molecule has 1 unspecified atom stereocenters. The summed E-state index contributed by atoms with van der Waals surface area (Å²) in [6, 6.07) is 34.3. The lowest BCUT2D eigenvalue weighted by molar-refractivity contribution is -0.118. The standard InChI is InChI=1S/C31H20Br2N2O2/c32-22-15-11-20(12-16-22)19-26-27-28(21-13-17-23(33)18-14-21)34(24-7-3-1-4-8-24)31(37)29(27)35(30(26)36)25-9-5-2-6-10-25/h1-19,28H/b26-19-. The average molecular weight is 612 g/mol. The molecule has 2 amide bonds. The van der Waals surface area contributed by atoms with Crippen LogP contribution in [-0.2, 0) is 9.59 Å². The van der Waals surface area contributed by atoms with E-state index in [9.17, 15) is 9.59 Å². The number of hydrogen-bond acceptors (Lipinski definition) is 2. The number of nitrogens with zero attached hydrogens (tertiary/aromatic N) is 2. The Kier molecular flexibility index (Phi) is 6.14. The van der Waals surface area contributed by atoms with E-state index in [4.69, 9.17) is 0 Å². The quantitative estimate of drug-likeness (QED) is 0.222. The third-order valence-electron chi connectivity index (χ3n) is 6.57. The minimum atomic E-state index is -0.461. The number of para-hydroxylation sites is 2. The van der Waals surface area contributed by atoms with Crippen LogP contribution in [0.3, 0.4) is 0 Å². The summed E-state index contributed by atoms with van der Waals surface area (Å²) in [4.78, 5) is 31.6. The molecule has 6 heteroatoms. The number of benzene rings is 4. The van der Waals surface area contributed by atoms with E-state index >= 15 is 0 Å². The maximum atomic E-state index is 14.2. The van der Waals surface area contributed by atoms with Gasteiger partial charge in [0.25, 0.3) is 11.8 Å². The monoisotopic (exact) mass is 610 g/mol. The van der Waals surface area contributed by atoms with Crippen LogP contribution in [0.15, 0.2) is 135 Å². The molecule has 0 saturated heterocycles. The second kappa shape index (κ2) is 9.61. The van der Waals surface area contributed by atoms with E-state index in [2.05, 4.69) is 31.9 Å². The Balaban J connectivity index is 1.61. The lowest BCUT2D eigenvalue weighted by Crippen LogP contribution is -2.38. The predicted molar refractivity (Wildman–Crippen MR) is 154 cm³/mol. The van der Waals surface area contributed by atoms with E-state index in [-0.39, 0.29) is 11.8 Å². The zero-order valence-electron chi connectivity index (χ0n) is 19.5. The number of hydrogen-bond donors (Lipinski definition) is 0. The van der Waals surface area contributed by atoms with Crippen LogP contribution in [0.1, 0.15) is 17.2 Å². The summed E-state index contributed by atoms with van der Waals surface area (Å²) in [7, 11) is 0. The molecule has 6 rings (SSSR count). The van der Waals surface area contributed by atoms with Crippen molar-refractivity contribution in [1.29, 1.82) is 0 Å². The number of rotatable bonds is 4. The molecule has 2 heterocycles. The maximum Gasteiger partial charge on any atom is 0.276 e. The summed E-state index contributed by atoms with van der Waals surface area (Å²) in [5.41, 5.74) is 4.88. The van der Waals surface area contributed by atoms with Gasteiger partial charge >= 0.3 is 0 Å². The van der Waals surface area contributed by atoms with Gasteiger partial charge in [0.05, 0.1) is 6.04 Å². The molecule has 2 aliphatic heterocycles. The van der Waals surface area contributed by atoms with E-state index in [1.54, 1.807) is 9.80 Å². The summed E-state index contributed by atoms with van der Waals surface area (Å²) in [6.45, 7) is 0. The second-order valence-corrected chi connectivity index (χ2v) is 10.6. The highest BCUT2D eigenvalue weighted by atomic mass is 79.9. The summed E-state index contributed by atoms with van der Waals surface area (Å²) in [5, 5.41) is 0. The molecule has 180 valence electrons. The van der Waals surface area contributed by atoms with E-state index in [0.717, 1.165) is 25.8 Å². The van der Waals surface area contributed by atoms with Gasteiger partial charge in [-0.05, 0) is 65.7 Å². The lowest BCUT2D eigenvalue weighted by Gasteiger charge is -2.30. The predicted octanol–water partition coefficient (Wildman–Crippen LogP) is 7.68. The summed E-state index contributed by atoms with van der Waals surface area (Å²) >= 11 is 7.01. The van der Waals surface area contributed by atoms with Crippen molar-refractivity contribution in [3.8, 4) is 0 Å². The fraction of sp³-hybridized carbons (Fsp3) is 0.0323. The number of amides is 2. The molecule has 0 saturated carbocycles. The van der Waals surface area contributed by atoms with Crippen molar-refractivity contribution in [3.63, 3.8) is 0 Å². The summed E-state index contributed by atoms with van der Waals surface area (Å²) in [6.07, 6.45) is 1.89. The molecule has 0 aromatic heterocycles. The Bertz CT molecular complexity index is 1560. The Labute approximate surface area is 231 Å². The Morgan fingerprint density at radius 1 is 0.622 bits per heavy atom. The Morgan fingerprint density at radius 3 is 1.76 bits per heavy atom. The molecule has 4 nitrogen and oxygen atoms in total. The molecule has 0 aliphatic carbocycles. The van der Waals surface area contributed by atoms with Crippen molar-refractivity contribution in [2.24, 2.45) is 0 Å². The molecule has 2 aliphatic rings. The van der Waals surface area contributed by atoms with E-state index in [0.29, 0.717) is 22.5 Å². The van der Waals surface area contributed by atoms with Crippen LogP contribution >= 0.6 is 31.9 Å². The molecule has 37 heavy (non-hydrogen) atoms. The molecule has 4 aromatic rings. The SMILES string of the molecule is O=C1/C(=C\c2ccc(Br)cc2)C2=C(C(=O)N(c3ccccc3)C2c2ccc(Br)cc2)N1c1ccccc1. The van der Waals surface area contributed by atoms with Crippen molar-refractivity contribution in [2.75, 3.05) is 9.80 Å². The van der Waals surface area contributed by atoms with Crippen molar-refractivity contribution in [3.05, 3.63) is 146 Å². The first-order valence-electron chi connectivity index (χ1n) is 11.8. The zero-order valence-corrected chi connectivity index (χ0v) is 22.7. The maximum absolute atomic E-state index is 14.2. The van der Waals surface area contributed by atoms with Crippen LogP contribution in [0, 0.1) is 0 Å². The third-order valence-corrected chi connectivity index (χ3v) is 7.63. The van der Waals surface area contributed by atoms with E-state index in [1.807, 2.05) is 115 Å². The highest BCUT2D eigenvalue weighted by molar-refractivity contribution is 9.10. The summed E-state index contributed by atoms with van der Waals surface area (Å²) in [5.74, 6) is -0.409. The fourth-order valence-corrected chi connectivity index (χ4v) is 5.47. The van der Waals surface area contributed by atoms with Gasteiger partial charge < -0.3 is 0 Å². The zero-order chi connectivity index (χ0) is 25.5. The van der Waals surface area contributed by atoms with Crippen LogP contribution in [0.2, 0.25) is 0 Å². The molecular formula is C31H20Br2N2O2. The van der Waals surface area contributed by atoms with Crippen LogP contribution in [0.5, 0.6) is 0 Å². The van der Waals surface area contributed by atoms with Gasteiger partial charge in [0.2, 0.25) is 0 Å². The number of halogens is 2. The topological polar surface area (TPSA) is 40.6 Å². The molecular weight excluding hydrogens is 592 g/mol. The van der Waals surface area contributed by atoms with Crippen molar-refractivity contribution >= 4 is 61.1 Å². The van der Waals surface area contributed by atoms with Gasteiger partial charge in [-0.1, -0.05) is 92.5 Å². The normalized spacial score (nSPS) is 18.2. The largest absolute Gasteiger partial charge is 0.295 e. The molecule has 4 aromatic carbocycles. The third kappa shape index (κ3) is 4.16. The smallest absolute Gasteiger partial charge is 0.276 e. The van der Waals surface area contributed by atoms with Gasteiger partial charge in [-0.2, -0.15) is 0 Å². The number of carbonyl (C=O) groups excluding carboxylic acids is 2. The van der Waals surface area contributed by atoms with Gasteiger partial charge in [-0.3, -0.25) is 19.4 Å². The van der Waals surface area contributed by atoms with Gasteiger partial charge in [0, 0.05) is 31.5 Å². The van der Waals surface area contributed by atoms with Crippen molar-refractivity contribution in [2.45, 2.75) is 6.04 Å². The highest BCUT2D eigenvalue weighted by Gasteiger charge is 2.52. The minimum absolute atomic E-state index is 0.203. The van der Waals surface area contributed by atoms with E-state index < -0.39 is 6.04 Å². The van der Waals surface area contributed by atoms with Gasteiger partial charge in [-0.15, -0.1) is 0 Å². The fourth-order valence-electron chi connectivity index (χ4n) is 4.94. The Hall–Kier alpha value is -3.74. The molecule has 0 radical (unpaired) electrons. The van der Waals surface area contributed by atoms with Crippen molar-refractivity contribution in [1.82, 2.24) is 0 Å². The van der Waals surface area contributed by atoms with Crippen molar-refractivity contribution < 1.29 is 9.59 Å². The molecule has 0 bridgehead atoms. The van der Waals surface area contributed by atoms with E-state index in [1.165, 1.54) is 0 Å². The molecule has 0 spiro atoms. The molecule has 1 atom stereocenters. The average Bonchev–Trinajstić information content (AvgIpc) is 3.37. The first kappa shape index (κ1) is 23.6. The number of carbonyl (C=O) groups is 2. The minimum Gasteiger partial charge on any atom is -0.295 e. The highest BCUT2D eigenvalue weighted by Crippen LogP contribution is 2.50. The summed E-state index contributed by atoms with van der Waals surface area (Å²) < 4.78 is 1.90. The van der Waals surface area contributed by atoms with Crippen LogP contribution in [0.4, 0.5) is 11.4 Å². The van der Waals surface area contributed by atoms with Gasteiger partial charge in [0.15, 0.2) is 0 Å². The molecule has 0 fully saturated rings. The van der Waals surface area contributed by atoms with Crippen LogP contribution in [0.25, 0.3) is 6.08 Å². The number of anilines is 2.